The molecule has 1 atom stereocenters. The van der Waals surface area contributed by atoms with Gasteiger partial charge in [0.25, 0.3) is 0 Å². The van der Waals surface area contributed by atoms with Crippen molar-refractivity contribution >= 4 is 29.1 Å². The first-order chi connectivity index (χ1) is 11.3. The highest BCUT2D eigenvalue weighted by molar-refractivity contribution is 6.30. The summed E-state index contributed by atoms with van der Waals surface area (Å²) in [5.74, 6) is -0.745. The Morgan fingerprint density at radius 3 is 2.50 bits per heavy atom. The average molecular weight is 357 g/mol. The lowest BCUT2D eigenvalue weighted by Gasteiger charge is -2.18. The molecular weight excluding hydrogens is 342 g/mol. The van der Waals surface area contributed by atoms with Crippen molar-refractivity contribution in [2.24, 2.45) is 0 Å². The van der Waals surface area contributed by atoms with Crippen LogP contribution in [0.2, 0.25) is 5.02 Å². The van der Waals surface area contributed by atoms with Crippen molar-refractivity contribution in [3.05, 3.63) is 47.2 Å². The largest absolute Gasteiger partial charge is 0.349 e. The van der Waals surface area contributed by atoms with Gasteiger partial charge in [0.15, 0.2) is 0 Å². The topological polar surface area (TPSA) is 76.0 Å². The third-order valence-electron chi connectivity index (χ3n) is 3.12. The molecule has 0 unspecified atom stereocenters. The number of hydrogen-bond donors (Lipinski definition) is 2. The van der Waals surface area contributed by atoms with Crippen LogP contribution in [0.15, 0.2) is 36.7 Å². The highest BCUT2D eigenvalue weighted by Crippen LogP contribution is 2.21. The summed E-state index contributed by atoms with van der Waals surface area (Å²) < 4.78 is 25.3. The normalized spacial score (nSPS) is 12.0. The molecule has 0 fully saturated rings. The third kappa shape index (κ3) is 5.02. The van der Waals surface area contributed by atoms with E-state index >= 15 is 0 Å². The number of carbonyl (C=O) groups excluding carboxylic acids is 2. The number of nitrogens with zero attached hydrogens (tertiary/aromatic N) is 2. The Morgan fingerprint density at radius 2 is 1.96 bits per heavy atom. The Balaban J connectivity index is 2.06. The maximum absolute atomic E-state index is 12.5. The van der Waals surface area contributed by atoms with E-state index in [4.69, 9.17) is 11.6 Å². The molecule has 2 rings (SSSR count). The predicted molar refractivity (Wildman–Crippen MR) is 84.7 cm³/mol. The summed E-state index contributed by atoms with van der Waals surface area (Å²) in [4.78, 5) is 23.5. The van der Waals surface area contributed by atoms with Crippen LogP contribution in [0.25, 0.3) is 0 Å². The van der Waals surface area contributed by atoms with Crippen molar-refractivity contribution in [1.82, 2.24) is 15.1 Å². The third-order valence-corrected chi connectivity index (χ3v) is 3.38. The fourth-order valence-corrected chi connectivity index (χ4v) is 2.23. The van der Waals surface area contributed by atoms with Crippen LogP contribution in [0, 0.1) is 0 Å². The van der Waals surface area contributed by atoms with Crippen molar-refractivity contribution in [3.8, 4) is 0 Å². The number of anilines is 1. The molecule has 0 aliphatic carbocycles. The van der Waals surface area contributed by atoms with Gasteiger partial charge in [-0.3, -0.25) is 9.59 Å². The maximum Gasteiger partial charge on any atom is 0.333 e. The first kappa shape index (κ1) is 17.9. The number of nitrogens with one attached hydrogen (secondary N) is 2. The smallest absolute Gasteiger partial charge is 0.333 e. The summed E-state index contributed by atoms with van der Waals surface area (Å²) in [7, 11) is 0. The summed E-state index contributed by atoms with van der Waals surface area (Å²) >= 11 is 5.83. The molecule has 0 aliphatic heterocycles. The molecule has 1 heterocycles. The van der Waals surface area contributed by atoms with Gasteiger partial charge in [-0.1, -0.05) is 23.7 Å². The Morgan fingerprint density at radius 1 is 1.29 bits per heavy atom. The van der Waals surface area contributed by atoms with E-state index < -0.39 is 18.5 Å². The highest BCUT2D eigenvalue weighted by Gasteiger charge is 2.18. The van der Waals surface area contributed by atoms with Crippen LogP contribution in [-0.4, -0.2) is 21.6 Å². The lowest BCUT2D eigenvalue weighted by Crippen LogP contribution is -2.29. The van der Waals surface area contributed by atoms with Crippen molar-refractivity contribution < 1.29 is 18.4 Å². The molecular formula is C15H15ClF2N4O2. The molecule has 0 radical (unpaired) electrons. The first-order valence-electron chi connectivity index (χ1n) is 7.00. The molecule has 9 heteroatoms. The van der Waals surface area contributed by atoms with Crippen molar-refractivity contribution in [3.63, 3.8) is 0 Å². The minimum atomic E-state index is -2.78. The zero-order chi connectivity index (χ0) is 17.7. The van der Waals surface area contributed by atoms with Crippen molar-refractivity contribution in [2.75, 3.05) is 5.32 Å². The minimum absolute atomic E-state index is 0.0684. The number of halogens is 3. The summed E-state index contributed by atoms with van der Waals surface area (Å²) in [5, 5.41) is 9.10. The van der Waals surface area contributed by atoms with Gasteiger partial charge in [-0.2, -0.15) is 13.9 Å². The van der Waals surface area contributed by atoms with E-state index in [0.717, 1.165) is 12.4 Å². The molecule has 2 amide bonds. The molecule has 2 N–H and O–H groups in total. The van der Waals surface area contributed by atoms with E-state index in [2.05, 4.69) is 15.7 Å². The molecule has 0 aliphatic rings. The zero-order valence-corrected chi connectivity index (χ0v) is 13.4. The molecule has 1 aromatic carbocycles. The van der Waals surface area contributed by atoms with Crippen LogP contribution in [0.5, 0.6) is 0 Å². The van der Waals surface area contributed by atoms with Gasteiger partial charge in [0, 0.05) is 11.9 Å². The molecule has 0 spiro atoms. The molecule has 0 bridgehead atoms. The van der Waals surface area contributed by atoms with E-state index in [9.17, 15) is 18.4 Å². The van der Waals surface area contributed by atoms with Crippen molar-refractivity contribution in [2.45, 2.75) is 25.9 Å². The Bertz CT molecular complexity index is 719. The van der Waals surface area contributed by atoms with Gasteiger partial charge >= 0.3 is 6.55 Å². The standard InChI is InChI=1S/C15H15ClF2N4O2/c1-9(23)20-13(10-2-4-11(16)5-3-10)6-14(24)21-12-7-19-22(8-12)15(17)18/h2-5,7-8,13,15H,6H2,1H3,(H,20,23)(H,21,24)/t13-/m1/s1. The molecule has 1 aromatic heterocycles. The van der Waals surface area contributed by atoms with Crippen LogP contribution >= 0.6 is 11.6 Å². The monoisotopic (exact) mass is 356 g/mol. The van der Waals surface area contributed by atoms with Gasteiger partial charge in [-0.05, 0) is 17.7 Å². The predicted octanol–water partition coefficient (Wildman–Crippen LogP) is 3.14. The fourth-order valence-electron chi connectivity index (χ4n) is 2.10. The van der Waals surface area contributed by atoms with Crippen molar-refractivity contribution in [1.29, 1.82) is 0 Å². The summed E-state index contributed by atoms with van der Waals surface area (Å²) in [6.07, 6.45) is 2.08. The van der Waals surface area contributed by atoms with Gasteiger partial charge in [0.2, 0.25) is 11.8 Å². The number of benzene rings is 1. The van der Waals surface area contributed by atoms with Gasteiger partial charge in [0.05, 0.1) is 30.5 Å². The van der Waals surface area contributed by atoms with E-state index in [1.54, 1.807) is 24.3 Å². The lowest BCUT2D eigenvalue weighted by atomic mass is 10.0. The molecule has 128 valence electrons. The maximum atomic E-state index is 12.5. The molecule has 2 aromatic rings. The van der Waals surface area contributed by atoms with Gasteiger partial charge in [0.1, 0.15) is 0 Å². The van der Waals surface area contributed by atoms with Crippen LogP contribution in [-0.2, 0) is 9.59 Å². The van der Waals surface area contributed by atoms with Crippen LogP contribution in [0.4, 0.5) is 14.5 Å². The zero-order valence-electron chi connectivity index (χ0n) is 12.7. The molecule has 24 heavy (non-hydrogen) atoms. The van der Waals surface area contributed by atoms with Gasteiger partial charge in [-0.25, -0.2) is 4.68 Å². The number of hydrogen-bond acceptors (Lipinski definition) is 3. The second kappa shape index (κ2) is 7.87. The number of alkyl halides is 2. The summed E-state index contributed by atoms with van der Waals surface area (Å²) in [6.45, 7) is -1.44. The highest BCUT2D eigenvalue weighted by atomic mass is 35.5. The first-order valence-corrected chi connectivity index (χ1v) is 7.37. The molecule has 0 saturated heterocycles. The molecule has 6 nitrogen and oxygen atoms in total. The summed E-state index contributed by atoms with van der Waals surface area (Å²) in [5.41, 5.74) is 0.853. The second-order valence-corrected chi connectivity index (χ2v) is 5.48. The van der Waals surface area contributed by atoms with Gasteiger partial charge in [-0.15, -0.1) is 0 Å². The fraction of sp³-hybridized carbons (Fsp3) is 0.267. The van der Waals surface area contributed by atoms with Crippen LogP contribution < -0.4 is 10.6 Å². The SMILES string of the molecule is CC(=O)N[C@H](CC(=O)Nc1cnn(C(F)F)c1)c1ccc(Cl)cc1. The van der Waals surface area contributed by atoms with Gasteiger partial charge < -0.3 is 10.6 Å². The number of amides is 2. The lowest BCUT2D eigenvalue weighted by molar-refractivity contribution is -0.120. The number of carbonyl (C=O) groups is 2. The Hall–Kier alpha value is -2.48. The van der Waals surface area contributed by atoms with E-state index in [-0.39, 0.29) is 18.0 Å². The van der Waals surface area contributed by atoms with E-state index in [1.807, 2.05) is 0 Å². The Kier molecular flexibility index (Phi) is 5.86. The minimum Gasteiger partial charge on any atom is -0.349 e. The van der Waals surface area contributed by atoms with Crippen LogP contribution in [0.1, 0.15) is 31.5 Å². The average Bonchev–Trinajstić information content (AvgIpc) is 2.95. The number of aromatic nitrogens is 2. The quantitative estimate of drug-likeness (QED) is 0.834. The van der Waals surface area contributed by atoms with Crippen LogP contribution in [0.3, 0.4) is 0 Å². The number of rotatable bonds is 6. The van der Waals surface area contributed by atoms with E-state index in [1.165, 1.54) is 6.92 Å². The molecule has 0 saturated carbocycles. The summed E-state index contributed by atoms with van der Waals surface area (Å²) in [6, 6.07) is 6.13. The second-order valence-electron chi connectivity index (χ2n) is 5.04. The van der Waals surface area contributed by atoms with E-state index in [0.29, 0.717) is 15.3 Å². The Labute approximate surface area is 141 Å².